The van der Waals surface area contributed by atoms with Crippen LogP contribution in [0, 0.1) is 0 Å². The second-order valence-electron chi connectivity index (χ2n) is 6.89. The van der Waals surface area contributed by atoms with Gasteiger partial charge in [-0.1, -0.05) is 95.0 Å². The quantitative estimate of drug-likeness (QED) is 0.399. The number of nitrogens with zero attached hydrogens (tertiary/aromatic N) is 1. The number of benzene rings is 1. The normalized spacial score (nSPS) is 10.5. The fraction of sp³-hybridized carbons (Fsp3) is 0.636. The van der Waals surface area contributed by atoms with E-state index in [0.717, 1.165) is 18.4 Å². The van der Waals surface area contributed by atoms with Crippen molar-refractivity contribution in [2.45, 2.75) is 84.7 Å². The molecule has 0 spiro atoms. The van der Waals surface area contributed by atoms with Crippen molar-refractivity contribution in [1.82, 2.24) is 4.90 Å². The molecule has 0 radical (unpaired) electrons. The maximum Gasteiger partial charge on any atom is 0.416 e. The molecule has 0 heterocycles. The van der Waals surface area contributed by atoms with Crippen LogP contribution in [0.4, 0.5) is 4.79 Å². The summed E-state index contributed by atoms with van der Waals surface area (Å²) in [6.07, 6.45) is 11.7. The molecule has 0 N–H and O–H groups in total. The number of hydrogen-bond donors (Lipinski definition) is 0. The Morgan fingerprint density at radius 2 is 1.38 bits per heavy atom. The Balaban J connectivity index is 2.14. The fourth-order valence-electron chi connectivity index (χ4n) is 2.93. The van der Waals surface area contributed by atoms with E-state index in [4.69, 9.17) is 4.74 Å². The highest BCUT2D eigenvalue weighted by Gasteiger charge is 2.18. The van der Waals surface area contributed by atoms with E-state index in [2.05, 4.69) is 6.92 Å². The van der Waals surface area contributed by atoms with Gasteiger partial charge in [-0.15, -0.1) is 0 Å². The fourth-order valence-corrected chi connectivity index (χ4v) is 2.93. The summed E-state index contributed by atoms with van der Waals surface area (Å²) in [6, 6.07) is 9.51. The molecule has 2 amide bonds. The first-order valence-electron chi connectivity index (χ1n) is 10.1. The highest BCUT2D eigenvalue weighted by atomic mass is 16.6. The Labute approximate surface area is 158 Å². The third-order valence-corrected chi connectivity index (χ3v) is 4.54. The number of unbranched alkanes of at least 4 members (excludes halogenated alkanes) is 9. The summed E-state index contributed by atoms with van der Waals surface area (Å²) in [5, 5.41) is 0. The zero-order valence-electron chi connectivity index (χ0n) is 16.5. The van der Waals surface area contributed by atoms with Gasteiger partial charge >= 0.3 is 6.09 Å². The number of imide groups is 1. The monoisotopic (exact) mass is 361 g/mol. The highest BCUT2D eigenvalue weighted by molar-refractivity contribution is 5.90. The van der Waals surface area contributed by atoms with Crippen LogP contribution < -0.4 is 0 Å². The van der Waals surface area contributed by atoms with E-state index < -0.39 is 6.09 Å². The van der Waals surface area contributed by atoms with E-state index in [1.807, 2.05) is 30.3 Å². The Morgan fingerprint density at radius 3 is 1.92 bits per heavy atom. The van der Waals surface area contributed by atoms with E-state index in [-0.39, 0.29) is 12.5 Å². The average molecular weight is 362 g/mol. The van der Waals surface area contributed by atoms with Gasteiger partial charge in [-0.3, -0.25) is 4.79 Å². The first kappa shape index (κ1) is 22.2. The zero-order chi connectivity index (χ0) is 19.0. The second kappa shape index (κ2) is 14.3. The summed E-state index contributed by atoms with van der Waals surface area (Å²) in [7, 11) is 0. The average Bonchev–Trinajstić information content (AvgIpc) is 2.65. The topological polar surface area (TPSA) is 46.6 Å². The Morgan fingerprint density at radius 1 is 0.846 bits per heavy atom. The maximum atomic E-state index is 12.1. The van der Waals surface area contributed by atoms with E-state index in [0.29, 0.717) is 6.54 Å². The predicted octanol–water partition coefficient (Wildman–Crippen LogP) is 6.09. The lowest BCUT2D eigenvalue weighted by molar-refractivity contribution is -0.127. The van der Waals surface area contributed by atoms with Crippen LogP contribution in [0.1, 0.15) is 83.6 Å². The molecule has 1 aromatic rings. The number of carbonyl (C=O) groups excluding carboxylic acids is 2. The van der Waals surface area contributed by atoms with Crippen LogP contribution >= 0.6 is 0 Å². The minimum Gasteiger partial charge on any atom is -0.444 e. The molecule has 0 atom stereocenters. The van der Waals surface area contributed by atoms with Gasteiger partial charge in [0.05, 0.1) is 0 Å². The lowest BCUT2D eigenvalue weighted by Crippen LogP contribution is -2.36. The molecule has 0 saturated carbocycles. The largest absolute Gasteiger partial charge is 0.444 e. The van der Waals surface area contributed by atoms with Crippen LogP contribution in [0.3, 0.4) is 0 Å². The van der Waals surface area contributed by atoms with Gasteiger partial charge in [0.1, 0.15) is 6.61 Å². The second-order valence-corrected chi connectivity index (χ2v) is 6.89. The maximum absolute atomic E-state index is 12.1. The van der Waals surface area contributed by atoms with Gasteiger partial charge in [0.25, 0.3) is 0 Å². The van der Waals surface area contributed by atoms with Gasteiger partial charge < -0.3 is 4.74 Å². The number of rotatable bonds is 13. The van der Waals surface area contributed by atoms with Gasteiger partial charge in [0, 0.05) is 13.5 Å². The minimum atomic E-state index is -0.544. The first-order chi connectivity index (χ1) is 12.6. The summed E-state index contributed by atoms with van der Waals surface area (Å²) in [5.41, 5.74) is 0.920. The standard InChI is InChI=1S/C22H35NO3/c1-3-4-5-6-7-8-9-10-11-15-18-23(20(2)24)22(25)26-19-21-16-13-12-14-17-21/h12-14,16-17H,3-11,15,18-19H2,1-2H3. The molecule has 0 unspecified atom stereocenters. The van der Waals surface area contributed by atoms with Crippen LogP contribution in [0.2, 0.25) is 0 Å². The Bertz CT molecular complexity index is 501. The number of ether oxygens (including phenoxy) is 1. The van der Waals surface area contributed by atoms with E-state index >= 15 is 0 Å². The lowest BCUT2D eigenvalue weighted by atomic mass is 10.1. The number of amides is 2. The van der Waals surface area contributed by atoms with E-state index in [9.17, 15) is 9.59 Å². The molecule has 0 aliphatic carbocycles. The molecule has 1 aromatic carbocycles. The number of hydrogen-bond acceptors (Lipinski definition) is 3. The molecule has 0 fully saturated rings. The van der Waals surface area contributed by atoms with Crippen LogP contribution in [-0.4, -0.2) is 23.4 Å². The molecule has 1 rings (SSSR count). The smallest absolute Gasteiger partial charge is 0.416 e. The molecule has 0 aromatic heterocycles. The lowest BCUT2D eigenvalue weighted by Gasteiger charge is -2.18. The van der Waals surface area contributed by atoms with Gasteiger partial charge in [0.2, 0.25) is 5.91 Å². The van der Waals surface area contributed by atoms with Gasteiger partial charge in [-0.2, -0.15) is 0 Å². The predicted molar refractivity (Wildman–Crippen MR) is 106 cm³/mol. The summed E-state index contributed by atoms with van der Waals surface area (Å²) < 4.78 is 5.26. The van der Waals surface area contributed by atoms with Gasteiger partial charge in [-0.05, 0) is 12.0 Å². The van der Waals surface area contributed by atoms with Crippen LogP contribution in [-0.2, 0) is 16.1 Å². The van der Waals surface area contributed by atoms with Crippen molar-refractivity contribution in [2.24, 2.45) is 0 Å². The summed E-state index contributed by atoms with van der Waals surface area (Å²) >= 11 is 0. The molecule has 0 aliphatic rings. The third-order valence-electron chi connectivity index (χ3n) is 4.54. The summed E-state index contributed by atoms with van der Waals surface area (Å²) in [4.78, 5) is 25.1. The van der Waals surface area contributed by atoms with Crippen molar-refractivity contribution in [3.05, 3.63) is 35.9 Å². The molecule has 146 valence electrons. The van der Waals surface area contributed by atoms with Crippen molar-refractivity contribution in [1.29, 1.82) is 0 Å². The minimum absolute atomic E-state index is 0.196. The third kappa shape index (κ3) is 10.2. The Kier molecular flexibility index (Phi) is 12.2. The zero-order valence-corrected chi connectivity index (χ0v) is 16.5. The summed E-state index contributed by atoms with van der Waals surface area (Å²) in [6.45, 7) is 4.29. The van der Waals surface area contributed by atoms with E-state index in [1.165, 1.54) is 63.2 Å². The Hall–Kier alpha value is -1.84. The molecule has 4 heteroatoms. The molecule has 0 bridgehead atoms. The van der Waals surface area contributed by atoms with Gasteiger partial charge in [-0.25, -0.2) is 9.69 Å². The SMILES string of the molecule is CCCCCCCCCCCCN(C(C)=O)C(=O)OCc1ccccc1. The van der Waals surface area contributed by atoms with E-state index in [1.54, 1.807) is 0 Å². The van der Waals surface area contributed by atoms with Crippen molar-refractivity contribution in [3.8, 4) is 0 Å². The molecule has 26 heavy (non-hydrogen) atoms. The van der Waals surface area contributed by atoms with Gasteiger partial charge in [0.15, 0.2) is 0 Å². The van der Waals surface area contributed by atoms with Crippen LogP contribution in [0.15, 0.2) is 30.3 Å². The molecule has 0 aliphatic heterocycles. The summed E-state index contributed by atoms with van der Waals surface area (Å²) in [5.74, 6) is -0.251. The molecule has 0 saturated heterocycles. The van der Waals surface area contributed by atoms with Crippen molar-refractivity contribution >= 4 is 12.0 Å². The molecular weight excluding hydrogens is 326 g/mol. The van der Waals surface area contributed by atoms with Crippen LogP contribution in [0.25, 0.3) is 0 Å². The molecule has 4 nitrogen and oxygen atoms in total. The van der Waals surface area contributed by atoms with Crippen molar-refractivity contribution in [2.75, 3.05) is 6.54 Å². The first-order valence-corrected chi connectivity index (χ1v) is 10.1. The number of carbonyl (C=O) groups is 2. The van der Waals surface area contributed by atoms with Crippen molar-refractivity contribution in [3.63, 3.8) is 0 Å². The van der Waals surface area contributed by atoms with Crippen LogP contribution in [0.5, 0.6) is 0 Å². The van der Waals surface area contributed by atoms with Crippen molar-refractivity contribution < 1.29 is 14.3 Å². The highest BCUT2D eigenvalue weighted by Crippen LogP contribution is 2.11. The molecular formula is C22H35NO3.